The Labute approximate surface area is 106 Å². The monoisotopic (exact) mass is 239 g/mol. The lowest BCUT2D eigenvalue weighted by Gasteiger charge is -2.32. The summed E-state index contributed by atoms with van der Waals surface area (Å²) >= 11 is 0. The average molecular weight is 239 g/mol. The van der Waals surface area contributed by atoms with Gasteiger partial charge in [0.1, 0.15) is 0 Å². The van der Waals surface area contributed by atoms with Crippen molar-refractivity contribution in [1.29, 1.82) is 0 Å². The Morgan fingerprint density at radius 2 is 1.82 bits per heavy atom. The highest BCUT2D eigenvalue weighted by molar-refractivity contribution is 5.80. The van der Waals surface area contributed by atoms with Gasteiger partial charge in [-0.05, 0) is 51.4 Å². The van der Waals surface area contributed by atoms with E-state index in [0.29, 0.717) is 6.04 Å². The maximum atomic E-state index is 4.46. The van der Waals surface area contributed by atoms with Gasteiger partial charge in [0.25, 0.3) is 0 Å². The summed E-state index contributed by atoms with van der Waals surface area (Å²) < 4.78 is 0. The maximum Gasteiger partial charge on any atom is 0.191 e. The normalized spacial score (nSPS) is 26.1. The molecule has 3 heteroatoms. The van der Waals surface area contributed by atoms with Gasteiger partial charge in [0.15, 0.2) is 5.96 Å². The van der Waals surface area contributed by atoms with Crippen molar-refractivity contribution in [3.05, 3.63) is 0 Å². The van der Waals surface area contributed by atoms with Crippen molar-refractivity contribution >= 4 is 5.96 Å². The van der Waals surface area contributed by atoms with Crippen molar-refractivity contribution < 1.29 is 0 Å². The largest absolute Gasteiger partial charge is 0.357 e. The number of guanidine groups is 1. The number of nitrogens with one attached hydrogen (secondary N) is 2. The van der Waals surface area contributed by atoms with Crippen LogP contribution in [0.4, 0.5) is 0 Å². The summed E-state index contributed by atoms with van der Waals surface area (Å²) in [6, 6.07) is 0.620. The fraction of sp³-hybridized carbons (Fsp3) is 0.929. The van der Waals surface area contributed by atoms with E-state index in [0.717, 1.165) is 30.9 Å². The molecule has 1 saturated carbocycles. The molecule has 0 amide bonds. The molecule has 3 nitrogen and oxygen atoms in total. The minimum absolute atomic E-state index is 0.620. The molecule has 0 aromatic heterocycles. The zero-order valence-corrected chi connectivity index (χ0v) is 11.9. The smallest absolute Gasteiger partial charge is 0.191 e. The first-order chi connectivity index (χ1) is 8.17. The van der Waals surface area contributed by atoms with Crippen molar-refractivity contribution in [2.75, 3.05) is 13.1 Å². The van der Waals surface area contributed by atoms with Crippen molar-refractivity contribution in [2.24, 2.45) is 16.8 Å². The second kappa shape index (κ2) is 7.57. The van der Waals surface area contributed by atoms with E-state index >= 15 is 0 Å². The van der Waals surface area contributed by atoms with Crippen LogP contribution < -0.4 is 10.6 Å². The molecule has 0 atom stereocenters. The second-order valence-corrected chi connectivity index (χ2v) is 5.35. The number of hydrogen-bond donors (Lipinski definition) is 2. The Balaban J connectivity index is 2.35. The molecule has 1 fully saturated rings. The van der Waals surface area contributed by atoms with Gasteiger partial charge in [-0.3, -0.25) is 4.99 Å². The summed E-state index contributed by atoms with van der Waals surface area (Å²) in [5, 5.41) is 6.86. The Kier molecular flexibility index (Phi) is 6.38. The van der Waals surface area contributed by atoms with Crippen LogP contribution in [0.2, 0.25) is 0 Å². The summed E-state index contributed by atoms with van der Waals surface area (Å²) in [5.41, 5.74) is 0. The fourth-order valence-corrected chi connectivity index (χ4v) is 2.60. The minimum Gasteiger partial charge on any atom is -0.357 e. The summed E-state index contributed by atoms with van der Waals surface area (Å²) in [5.74, 6) is 2.76. The quantitative estimate of drug-likeness (QED) is 0.584. The molecule has 1 aliphatic carbocycles. The van der Waals surface area contributed by atoms with Gasteiger partial charge in [-0.25, -0.2) is 0 Å². The number of hydrogen-bond acceptors (Lipinski definition) is 1. The van der Waals surface area contributed by atoms with E-state index in [2.05, 4.69) is 43.3 Å². The molecule has 1 rings (SSSR count). The molecule has 0 aromatic carbocycles. The van der Waals surface area contributed by atoms with Crippen LogP contribution in [0.1, 0.15) is 53.4 Å². The van der Waals surface area contributed by atoms with Crippen molar-refractivity contribution in [3.63, 3.8) is 0 Å². The van der Waals surface area contributed by atoms with Crippen LogP contribution >= 0.6 is 0 Å². The predicted molar refractivity (Wildman–Crippen MR) is 75.4 cm³/mol. The number of aliphatic imine (C=N–C) groups is 1. The van der Waals surface area contributed by atoms with Crippen LogP contribution in [0.3, 0.4) is 0 Å². The summed E-state index contributed by atoms with van der Waals surface area (Å²) in [6.07, 6.45) is 5.30. The molecule has 0 aromatic rings. The van der Waals surface area contributed by atoms with Crippen LogP contribution in [0.25, 0.3) is 0 Å². The highest BCUT2D eigenvalue weighted by atomic mass is 15.2. The van der Waals surface area contributed by atoms with Gasteiger partial charge in [-0.15, -0.1) is 0 Å². The lowest BCUT2D eigenvalue weighted by molar-refractivity contribution is 0.250. The van der Waals surface area contributed by atoms with E-state index in [-0.39, 0.29) is 0 Å². The number of nitrogens with zero attached hydrogens (tertiary/aromatic N) is 1. The van der Waals surface area contributed by atoms with Gasteiger partial charge in [0, 0.05) is 19.1 Å². The Morgan fingerprint density at radius 3 is 2.29 bits per heavy atom. The zero-order chi connectivity index (χ0) is 12.7. The Hall–Kier alpha value is -0.730. The van der Waals surface area contributed by atoms with E-state index in [4.69, 9.17) is 0 Å². The van der Waals surface area contributed by atoms with E-state index < -0.39 is 0 Å². The summed E-state index contributed by atoms with van der Waals surface area (Å²) in [6.45, 7) is 10.7. The van der Waals surface area contributed by atoms with Crippen LogP contribution in [0.5, 0.6) is 0 Å². The average Bonchev–Trinajstić information content (AvgIpc) is 2.30. The van der Waals surface area contributed by atoms with Crippen LogP contribution in [0.15, 0.2) is 4.99 Å². The molecular weight excluding hydrogens is 210 g/mol. The first-order valence-corrected chi connectivity index (χ1v) is 7.22. The van der Waals surface area contributed by atoms with E-state index in [9.17, 15) is 0 Å². The summed E-state index contributed by atoms with van der Waals surface area (Å²) in [7, 11) is 0. The van der Waals surface area contributed by atoms with E-state index in [1.165, 1.54) is 25.7 Å². The van der Waals surface area contributed by atoms with Gasteiger partial charge in [0.2, 0.25) is 0 Å². The molecule has 0 bridgehead atoms. The molecule has 17 heavy (non-hydrogen) atoms. The molecule has 100 valence electrons. The maximum absolute atomic E-state index is 4.46. The highest BCUT2D eigenvalue weighted by Gasteiger charge is 2.23. The van der Waals surface area contributed by atoms with Gasteiger partial charge in [0.05, 0.1) is 0 Å². The lowest BCUT2D eigenvalue weighted by Crippen LogP contribution is -2.45. The third kappa shape index (κ3) is 4.97. The van der Waals surface area contributed by atoms with E-state index in [1.807, 2.05) is 0 Å². The van der Waals surface area contributed by atoms with Crippen LogP contribution in [-0.2, 0) is 0 Å². The molecule has 0 heterocycles. The molecule has 0 saturated heterocycles. The highest BCUT2D eigenvalue weighted by Crippen LogP contribution is 2.29. The first-order valence-electron chi connectivity index (χ1n) is 7.22. The molecule has 2 N–H and O–H groups in total. The number of rotatable bonds is 4. The standard InChI is InChI=1S/C14H29N3/c1-5-15-14(16-6-2)17-13-9-7-12(8-10-13)11(3)4/h11-13H,5-10H2,1-4H3,(H2,15,16,17). The SMILES string of the molecule is CCN=C(NCC)NC1CCC(C(C)C)CC1. The third-order valence-corrected chi connectivity index (χ3v) is 3.72. The van der Waals surface area contributed by atoms with Crippen LogP contribution in [-0.4, -0.2) is 25.1 Å². The third-order valence-electron chi connectivity index (χ3n) is 3.72. The van der Waals surface area contributed by atoms with Crippen LogP contribution in [0, 0.1) is 11.8 Å². The van der Waals surface area contributed by atoms with Gasteiger partial charge in [-0.1, -0.05) is 13.8 Å². The molecule has 0 unspecified atom stereocenters. The van der Waals surface area contributed by atoms with Crippen molar-refractivity contribution in [2.45, 2.75) is 59.4 Å². The second-order valence-electron chi connectivity index (χ2n) is 5.35. The predicted octanol–water partition coefficient (Wildman–Crippen LogP) is 2.78. The Bertz CT molecular complexity index is 228. The van der Waals surface area contributed by atoms with Crippen molar-refractivity contribution in [1.82, 2.24) is 10.6 Å². The van der Waals surface area contributed by atoms with Gasteiger partial charge in [-0.2, -0.15) is 0 Å². The topological polar surface area (TPSA) is 36.4 Å². The minimum atomic E-state index is 0.620. The van der Waals surface area contributed by atoms with Gasteiger partial charge < -0.3 is 10.6 Å². The molecule has 0 radical (unpaired) electrons. The molecular formula is C14H29N3. The van der Waals surface area contributed by atoms with E-state index in [1.54, 1.807) is 0 Å². The van der Waals surface area contributed by atoms with Gasteiger partial charge >= 0.3 is 0 Å². The lowest BCUT2D eigenvalue weighted by atomic mass is 9.80. The first kappa shape index (κ1) is 14.3. The summed E-state index contributed by atoms with van der Waals surface area (Å²) in [4.78, 5) is 4.46. The molecule has 1 aliphatic rings. The molecule has 0 aliphatic heterocycles. The fourth-order valence-electron chi connectivity index (χ4n) is 2.60. The van der Waals surface area contributed by atoms with Crippen molar-refractivity contribution in [3.8, 4) is 0 Å². The Morgan fingerprint density at radius 1 is 1.18 bits per heavy atom. The molecule has 0 spiro atoms. The zero-order valence-electron chi connectivity index (χ0n) is 11.9.